The monoisotopic (exact) mass is 516 g/mol. The third kappa shape index (κ3) is 6.61. The largest absolute Gasteiger partial charge is 0.494 e. The van der Waals surface area contributed by atoms with Crippen molar-refractivity contribution in [2.45, 2.75) is 29.7 Å². The van der Waals surface area contributed by atoms with Crippen LogP contribution in [0.4, 0.5) is 5.69 Å². The molecule has 8 nitrogen and oxygen atoms in total. The van der Waals surface area contributed by atoms with E-state index in [4.69, 9.17) is 4.74 Å². The normalized spacial score (nSPS) is 12.5. The maximum Gasteiger partial charge on any atom is 0.264 e. The van der Waals surface area contributed by atoms with Gasteiger partial charge in [0.25, 0.3) is 10.0 Å². The fourth-order valence-electron chi connectivity index (χ4n) is 3.41. The number of anilines is 1. The minimum Gasteiger partial charge on any atom is -0.494 e. The Kier molecular flexibility index (Phi) is 8.18. The first kappa shape index (κ1) is 26.2. The second kappa shape index (κ2) is 10.9. The Morgan fingerprint density at radius 3 is 2.03 bits per heavy atom. The van der Waals surface area contributed by atoms with E-state index in [-0.39, 0.29) is 9.79 Å². The van der Waals surface area contributed by atoms with E-state index >= 15 is 0 Å². The molecule has 0 saturated heterocycles. The lowest BCUT2D eigenvalue weighted by atomic mass is 10.1. The Hall–Kier alpha value is -3.37. The van der Waals surface area contributed by atoms with Gasteiger partial charge in [-0.3, -0.25) is 9.10 Å². The topological polar surface area (TPSA) is 110 Å². The second-order valence-electron chi connectivity index (χ2n) is 7.88. The van der Waals surface area contributed by atoms with Crippen molar-refractivity contribution in [3.63, 3.8) is 0 Å². The van der Waals surface area contributed by atoms with Crippen molar-refractivity contribution < 1.29 is 26.4 Å². The second-order valence-corrected chi connectivity index (χ2v) is 11.8. The van der Waals surface area contributed by atoms with Crippen LogP contribution in [-0.4, -0.2) is 42.2 Å². The van der Waals surface area contributed by atoms with Crippen molar-refractivity contribution in [1.29, 1.82) is 0 Å². The first-order valence-electron chi connectivity index (χ1n) is 10.9. The number of hydrogen-bond acceptors (Lipinski definition) is 6. The predicted molar refractivity (Wildman–Crippen MR) is 135 cm³/mol. The van der Waals surface area contributed by atoms with Gasteiger partial charge in [0.15, 0.2) is 9.84 Å². The number of amides is 1. The molecule has 0 fully saturated rings. The van der Waals surface area contributed by atoms with Crippen molar-refractivity contribution in [1.82, 2.24) is 5.32 Å². The molecule has 186 valence electrons. The molecule has 0 heterocycles. The highest BCUT2D eigenvalue weighted by Gasteiger charge is 2.27. The van der Waals surface area contributed by atoms with E-state index in [0.29, 0.717) is 23.6 Å². The Balaban J connectivity index is 1.84. The van der Waals surface area contributed by atoms with Gasteiger partial charge in [-0.15, -0.1) is 0 Å². The lowest BCUT2D eigenvalue weighted by Gasteiger charge is -2.25. The van der Waals surface area contributed by atoms with E-state index in [9.17, 15) is 21.6 Å². The fourth-order valence-corrected chi connectivity index (χ4v) is 5.49. The number of benzene rings is 3. The van der Waals surface area contributed by atoms with Crippen LogP contribution in [0, 0.1) is 0 Å². The molecule has 0 spiro atoms. The zero-order valence-electron chi connectivity index (χ0n) is 19.7. The first-order valence-corrected chi connectivity index (χ1v) is 14.3. The maximum atomic E-state index is 13.4. The van der Waals surface area contributed by atoms with Gasteiger partial charge in [-0.05, 0) is 67.9 Å². The third-order valence-electron chi connectivity index (χ3n) is 5.24. The molecule has 0 bridgehead atoms. The van der Waals surface area contributed by atoms with Gasteiger partial charge in [0.2, 0.25) is 5.91 Å². The van der Waals surface area contributed by atoms with Crippen molar-refractivity contribution >= 4 is 31.5 Å². The molecule has 0 aliphatic rings. The molecule has 0 radical (unpaired) electrons. The summed E-state index contributed by atoms with van der Waals surface area (Å²) in [4.78, 5) is 13.2. The van der Waals surface area contributed by atoms with Crippen LogP contribution in [0.25, 0.3) is 0 Å². The molecular weight excluding hydrogens is 488 g/mol. The molecule has 0 aliphatic heterocycles. The number of hydrogen-bond donors (Lipinski definition) is 1. The lowest BCUT2D eigenvalue weighted by Crippen LogP contribution is -2.41. The highest BCUT2D eigenvalue weighted by Crippen LogP contribution is 2.26. The highest BCUT2D eigenvalue weighted by molar-refractivity contribution is 7.93. The maximum absolute atomic E-state index is 13.4. The summed E-state index contributed by atoms with van der Waals surface area (Å²) in [6.45, 7) is 3.61. The van der Waals surface area contributed by atoms with Crippen LogP contribution >= 0.6 is 0 Å². The summed E-state index contributed by atoms with van der Waals surface area (Å²) in [7, 11) is -7.37. The zero-order valence-corrected chi connectivity index (χ0v) is 21.3. The van der Waals surface area contributed by atoms with Gasteiger partial charge in [-0.2, -0.15) is 0 Å². The van der Waals surface area contributed by atoms with Gasteiger partial charge >= 0.3 is 0 Å². The number of sulfone groups is 1. The Morgan fingerprint density at radius 1 is 0.886 bits per heavy atom. The molecular formula is C25H28N2O6S2. The Labute approximate surface area is 206 Å². The molecule has 3 aromatic rings. The van der Waals surface area contributed by atoms with Gasteiger partial charge in [0.05, 0.1) is 28.1 Å². The average molecular weight is 517 g/mol. The van der Waals surface area contributed by atoms with E-state index in [2.05, 4.69) is 5.32 Å². The smallest absolute Gasteiger partial charge is 0.264 e. The SMILES string of the molecule is CCOc1ccc(N(CC(=O)NC(C)c2ccc(S(C)(=O)=O)cc2)S(=O)(=O)c2ccccc2)cc1. The fraction of sp³-hybridized carbons (Fsp3) is 0.240. The van der Waals surface area contributed by atoms with Crippen LogP contribution in [0.1, 0.15) is 25.5 Å². The van der Waals surface area contributed by atoms with Crippen LogP contribution in [0.3, 0.4) is 0 Å². The van der Waals surface area contributed by atoms with Crippen LogP contribution in [0.2, 0.25) is 0 Å². The van der Waals surface area contributed by atoms with Crippen molar-refractivity contribution in [3.8, 4) is 5.75 Å². The van der Waals surface area contributed by atoms with E-state index in [1.807, 2.05) is 6.92 Å². The molecule has 3 rings (SSSR count). The van der Waals surface area contributed by atoms with E-state index < -0.39 is 38.4 Å². The first-order chi connectivity index (χ1) is 16.5. The number of carbonyl (C=O) groups is 1. The number of carbonyl (C=O) groups excluding carboxylic acids is 1. The van der Waals surface area contributed by atoms with Crippen LogP contribution in [0.15, 0.2) is 88.7 Å². The molecule has 1 N–H and O–H groups in total. The summed E-state index contributed by atoms with van der Waals surface area (Å²) in [6, 6.07) is 20.1. The molecule has 0 aromatic heterocycles. The van der Waals surface area contributed by atoms with Crippen LogP contribution < -0.4 is 14.4 Å². The Bertz CT molecular complexity index is 1360. The number of nitrogens with zero attached hydrogens (tertiary/aromatic N) is 1. The summed E-state index contributed by atoms with van der Waals surface area (Å²) >= 11 is 0. The number of nitrogens with one attached hydrogen (secondary N) is 1. The van der Waals surface area contributed by atoms with Gasteiger partial charge in [-0.1, -0.05) is 30.3 Å². The summed E-state index contributed by atoms with van der Waals surface area (Å²) in [6.07, 6.45) is 1.12. The van der Waals surface area contributed by atoms with Gasteiger partial charge in [-0.25, -0.2) is 16.8 Å². The van der Waals surface area contributed by atoms with Crippen molar-refractivity contribution in [3.05, 3.63) is 84.4 Å². The zero-order chi connectivity index (χ0) is 25.6. The standard InChI is InChI=1S/C25H28N2O6S2/c1-4-33-22-14-12-21(13-15-22)27(35(31,32)24-8-6-5-7-9-24)18-25(28)26-19(2)20-10-16-23(17-11-20)34(3,29)30/h5-17,19H,4,18H2,1-3H3,(H,26,28). The summed E-state index contributed by atoms with van der Waals surface area (Å²) in [5.74, 6) is 0.0713. The van der Waals surface area contributed by atoms with E-state index in [1.165, 1.54) is 24.3 Å². The van der Waals surface area contributed by atoms with Crippen LogP contribution in [-0.2, 0) is 24.7 Å². The molecule has 1 amide bonds. The quantitative estimate of drug-likeness (QED) is 0.441. The van der Waals surface area contributed by atoms with E-state index in [0.717, 1.165) is 10.6 Å². The summed E-state index contributed by atoms with van der Waals surface area (Å²) in [5, 5.41) is 2.79. The molecule has 1 unspecified atom stereocenters. The van der Waals surface area contributed by atoms with Crippen molar-refractivity contribution in [2.24, 2.45) is 0 Å². The molecule has 3 aromatic carbocycles. The van der Waals surface area contributed by atoms with Crippen LogP contribution in [0.5, 0.6) is 5.75 Å². The number of ether oxygens (including phenoxy) is 1. The van der Waals surface area contributed by atoms with E-state index in [1.54, 1.807) is 61.5 Å². The lowest BCUT2D eigenvalue weighted by molar-refractivity contribution is -0.120. The average Bonchev–Trinajstić information content (AvgIpc) is 2.83. The molecule has 0 aliphatic carbocycles. The number of rotatable bonds is 10. The summed E-state index contributed by atoms with van der Waals surface area (Å²) in [5.41, 5.74) is 1.00. The highest BCUT2D eigenvalue weighted by atomic mass is 32.2. The molecule has 35 heavy (non-hydrogen) atoms. The predicted octanol–water partition coefficient (Wildman–Crippen LogP) is 3.56. The summed E-state index contributed by atoms with van der Waals surface area (Å²) < 4.78 is 56.7. The van der Waals surface area contributed by atoms with Gasteiger partial charge in [0.1, 0.15) is 12.3 Å². The molecule has 10 heteroatoms. The minimum absolute atomic E-state index is 0.0612. The number of sulfonamides is 1. The van der Waals surface area contributed by atoms with Gasteiger partial charge < -0.3 is 10.1 Å². The van der Waals surface area contributed by atoms with Crippen molar-refractivity contribution in [2.75, 3.05) is 23.7 Å². The molecule has 1 atom stereocenters. The minimum atomic E-state index is -4.03. The third-order valence-corrected chi connectivity index (χ3v) is 8.16. The Morgan fingerprint density at radius 2 is 1.49 bits per heavy atom. The van der Waals surface area contributed by atoms with Gasteiger partial charge in [0, 0.05) is 6.26 Å². The molecule has 0 saturated carbocycles.